The Morgan fingerprint density at radius 3 is 2.56 bits per heavy atom. The van der Waals surface area contributed by atoms with E-state index in [9.17, 15) is 18.0 Å². The molecule has 1 fully saturated rings. The molecular weight excluding hydrogens is 359 g/mol. The van der Waals surface area contributed by atoms with Crippen molar-refractivity contribution in [2.45, 2.75) is 12.6 Å². The maximum Gasteiger partial charge on any atom is 0.445 e. The number of hydrogen-bond donors (Lipinski definition) is 1. The zero-order valence-corrected chi connectivity index (χ0v) is 13.7. The van der Waals surface area contributed by atoms with Gasteiger partial charge < -0.3 is 14.9 Å². The number of anilines is 2. The van der Waals surface area contributed by atoms with Gasteiger partial charge in [0.25, 0.3) is 0 Å². The average Bonchev–Trinajstić information content (AvgIpc) is 2.94. The van der Waals surface area contributed by atoms with Crippen LogP contribution in [0.2, 0.25) is 0 Å². The van der Waals surface area contributed by atoms with Gasteiger partial charge in [-0.15, -0.1) is 10.2 Å². The molecule has 0 radical (unpaired) electrons. The number of aromatic carboxylic acids is 1. The SMILES string of the molecule is O=C(O)c1cc(N2CCCN(c3nnc(C(F)(F)F)s3)CC2)ccn1. The van der Waals surface area contributed by atoms with Gasteiger partial charge in [-0.3, -0.25) is 0 Å². The van der Waals surface area contributed by atoms with Gasteiger partial charge in [0.05, 0.1) is 0 Å². The van der Waals surface area contributed by atoms with Crippen LogP contribution in [0, 0.1) is 0 Å². The van der Waals surface area contributed by atoms with Crippen LogP contribution in [0.3, 0.4) is 0 Å². The van der Waals surface area contributed by atoms with Crippen LogP contribution in [0.1, 0.15) is 21.9 Å². The van der Waals surface area contributed by atoms with Crippen molar-refractivity contribution >= 4 is 28.1 Å². The van der Waals surface area contributed by atoms with Crippen LogP contribution in [0.25, 0.3) is 0 Å². The minimum absolute atomic E-state index is 0.0439. The summed E-state index contributed by atoms with van der Waals surface area (Å²) in [4.78, 5) is 18.6. The average molecular weight is 373 g/mol. The molecule has 134 valence electrons. The number of alkyl halides is 3. The number of carboxylic acids is 1. The molecule has 0 spiro atoms. The minimum atomic E-state index is -4.49. The molecule has 0 aliphatic carbocycles. The molecule has 3 rings (SSSR count). The van der Waals surface area contributed by atoms with E-state index in [1.807, 2.05) is 4.90 Å². The van der Waals surface area contributed by atoms with Gasteiger partial charge in [-0.25, -0.2) is 9.78 Å². The second kappa shape index (κ2) is 6.82. The Bertz CT molecular complexity index is 767. The topological polar surface area (TPSA) is 82.5 Å². The van der Waals surface area contributed by atoms with Crippen LogP contribution in [-0.2, 0) is 6.18 Å². The molecule has 1 N–H and O–H groups in total. The number of carboxylic acid groups (broad SMARTS) is 1. The van der Waals surface area contributed by atoms with E-state index in [-0.39, 0.29) is 10.8 Å². The fourth-order valence-electron chi connectivity index (χ4n) is 2.56. The molecule has 0 bridgehead atoms. The summed E-state index contributed by atoms with van der Waals surface area (Å²) in [6, 6.07) is 3.21. The van der Waals surface area contributed by atoms with Crippen molar-refractivity contribution < 1.29 is 23.1 Å². The minimum Gasteiger partial charge on any atom is -0.477 e. The molecule has 0 saturated carbocycles. The molecule has 0 atom stereocenters. The van der Waals surface area contributed by atoms with Gasteiger partial charge >= 0.3 is 12.1 Å². The third-order valence-corrected chi connectivity index (χ3v) is 4.78. The highest BCUT2D eigenvalue weighted by Gasteiger charge is 2.36. The first-order valence-electron chi connectivity index (χ1n) is 7.44. The van der Waals surface area contributed by atoms with Crippen molar-refractivity contribution in [2.24, 2.45) is 0 Å². The van der Waals surface area contributed by atoms with E-state index in [2.05, 4.69) is 15.2 Å². The normalized spacial score (nSPS) is 16.0. The number of nitrogens with zero attached hydrogens (tertiary/aromatic N) is 5. The van der Waals surface area contributed by atoms with E-state index < -0.39 is 17.2 Å². The van der Waals surface area contributed by atoms with Crippen LogP contribution >= 0.6 is 11.3 Å². The van der Waals surface area contributed by atoms with Crippen molar-refractivity contribution in [3.05, 3.63) is 29.0 Å². The Labute approximate surface area is 144 Å². The van der Waals surface area contributed by atoms with Crippen LogP contribution in [0.15, 0.2) is 18.3 Å². The fraction of sp³-hybridized carbons (Fsp3) is 0.429. The standard InChI is InChI=1S/C14H14F3N5O2S/c15-14(16,17)12-19-20-13(25-12)22-5-1-4-21(6-7-22)9-2-3-18-10(8-9)11(23)24/h2-3,8H,1,4-7H2,(H,23,24). The molecule has 3 heterocycles. The first-order chi connectivity index (χ1) is 11.8. The van der Waals surface area contributed by atoms with Gasteiger partial charge in [-0.05, 0) is 18.6 Å². The van der Waals surface area contributed by atoms with Gasteiger partial charge in [0.1, 0.15) is 5.69 Å². The number of hydrogen-bond acceptors (Lipinski definition) is 7. The molecule has 0 amide bonds. The molecule has 1 aliphatic heterocycles. The Hall–Kier alpha value is -2.43. The Kier molecular flexibility index (Phi) is 4.75. The molecule has 7 nitrogen and oxygen atoms in total. The first-order valence-corrected chi connectivity index (χ1v) is 8.26. The summed E-state index contributed by atoms with van der Waals surface area (Å²) >= 11 is 0.531. The molecule has 0 unspecified atom stereocenters. The summed E-state index contributed by atoms with van der Waals surface area (Å²) in [6.07, 6.45) is -2.36. The van der Waals surface area contributed by atoms with Crippen molar-refractivity contribution in [3.8, 4) is 0 Å². The summed E-state index contributed by atoms with van der Waals surface area (Å²) in [5, 5.41) is 15.2. The van der Waals surface area contributed by atoms with Crippen LogP contribution in [0.5, 0.6) is 0 Å². The highest BCUT2D eigenvalue weighted by atomic mass is 32.1. The monoisotopic (exact) mass is 373 g/mol. The molecule has 2 aromatic rings. The molecule has 2 aromatic heterocycles. The lowest BCUT2D eigenvalue weighted by Gasteiger charge is -2.23. The van der Waals surface area contributed by atoms with Crippen LogP contribution < -0.4 is 9.80 Å². The number of halogens is 3. The lowest BCUT2D eigenvalue weighted by molar-refractivity contribution is -0.138. The van der Waals surface area contributed by atoms with E-state index in [1.165, 1.54) is 12.3 Å². The number of carbonyl (C=O) groups is 1. The maximum atomic E-state index is 12.7. The van der Waals surface area contributed by atoms with E-state index in [1.54, 1.807) is 11.0 Å². The number of pyridine rings is 1. The number of aromatic nitrogens is 3. The molecule has 0 aromatic carbocycles. The van der Waals surface area contributed by atoms with Gasteiger partial charge in [0, 0.05) is 38.1 Å². The third kappa shape index (κ3) is 3.98. The predicted molar refractivity (Wildman–Crippen MR) is 85.2 cm³/mol. The summed E-state index contributed by atoms with van der Waals surface area (Å²) in [5.41, 5.74) is 0.681. The highest BCUT2D eigenvalue weighted by molar-refractivity contribution is 7.15. The third-order valence-electron chi connectivity index (χ3n) is 3.75. The molecule has 25 heavy (non-hydrogen) atoms. The summed E-state index contributed by atoms with van der Waals surface area (Å²) in [6.45, 7) is 2.21. The highest BCUT2D eigenvalue weighted by Crippen LogP contribution is 2.34. The predicted octanol–water partition coefficient (Wildman–Crippen LogP) is 2.37. The van der Waals surface area contributed by atoms with Crippen LogP contribution in [-0.4, -0.2) is 52.4 Å². The molecular formula is C14H14F3N5O2S. The Morgan fingerprint density at radius 2 is 1.88 bits per heavy atom. The zero-order valence-electron chi connectivity index (χ0n) is 12.9. The zero-order chi connectivity index (χ0) is 18.0. The first kappa shape index (κ1) is 17.4. The van der Waals surface area contributed by atoms with Crippen molar-refractivity contribution in [1.82, 2.24) is 15.2 Å². The lowest BCUT2D eigenvalue weighted by atomic mass is 10.2. The van der Waals surface area contributed by atoms with Gasteiger partial charge in [0.2, 0.25) is 10.1 Å². The molecule has 11 heteroatoms. The van der Waals surface area contributed by atoms with E-state index >= 15 is 0 Å². The van der Waals surface area contributed by atoms with Crippen molar-refractivity contribution in [3.63, 3.8) is 0 Å². The Balaban J connectivity index is 1.71. The second-order valence-corrected chi connectivity index (χ2v) is 6.38. The molecule has 1 aliphatic rings. The lowest BCUT2D eigenvalue weighted by Crippen LogP contribution is -2.30. The Morgan fingerprint density at radius 1 is 1.16 bits per heavy atom. The quantitative estimate of drug-likeness (QED) is 0.884. The largest absolute Gasteiger partial charge is 0.477 e. The smallest absolute Gasteiger partial charge is 0.445 e. The van der Waals surface area contributed by atoms with E-state index in [4.69, 9.17) is 5.11 Å². The van der Waals surface area contributed by atoms with Gasteiger partial charge in [0.15, 0.2) is 0 Å². The summed E-state index contributed by atoms with van der Waals surface area (Å²) in [7, 11) is 0. The second-order valence-electron chi connectivity index (χ2n) is 5.42. The maximum absolute atomic E-state index is 12.7. The fourth-order valence-corrected chi connectivity index (χ4v) is 3.32. The summed E-state index contributed by atoms with van der Waals surface area (Å²) < 4.78 is 38.0. The molecule has 1 saturated heterocycles. The number of rotatable bonds is 3. The van der Waals surface area contributed by atoms with Gasteiger partial charge in [-0.2, -0.15) is 13.2 Å². The van der Waals surface area contributed by atoms with Crippen LogP contribution in [0.4, 0.5) is 24.0 Å². The van der Waals surface area contributed by atoms with Gasteiger partial charge in [-0.1, -0.05) is 11.3 Å². The van der Waals surface area contributed by atoms with E-state index in [0.717, 1.165) is 5.69 Å². The summed E-state index contributed by atoms with van der Waals surface area (Å²) in [5.74, 6) is -1.10. The van der Waals surface area contributed by atoms with Crippen molar-refractivity contribution in [2.75, 3.05) is 36.0 Å². The van der Waals surface area contributed by atoms with E-state index in [0.29, 0.717) is 43.9 Å². The van der Waals surface area contributed by atoms with Crippen molar-refractivity contribution in [1.29, 1.82) is 0 Å².